The maximum Gasteiger partial charge on any atom is 0.145 e. The zero-order chi connectivity index (χ0) is 13.8. The van der Waals surface area contributed by atoms with Crippen LogP contribution in [0.4, 0.5) is 4.39 Å². The van der Waals surface area contributed by atoms with Gasteiger partial charge in [0.15, 0.2) is 0 Å². The van der Waals surface area contributed by atoms with Gasteiger partial charge in [0, 0.05) is 11.9 Å². The summed E-state index contributed by atoms with van der Waals surface area (Å²) in [6.45, 7) is 0. The quantitative estimate of drug-likeness (QED) is 0.756. The van der Waals surface area contributed by atoms with E-state index in [9.17, 15) is 4.39 Å². The van der Waals surface area contributed by atoms with E-state index in [1.807, 2.05) is 6.07 Å². The van der Waals surface area contributed by atoms with Gasteiger partial charge in [-0.2, -0.15) is 5.26 Å². The van der Waals surface area contributed by atoms with Gasteiger partial charge in [-0.15, -0.1) is 11.6 Å². The standard InChI is InChI=1S/C14H8Cl2FNO/c15-7-9-1-4-14(10(5-9)8-18)19-11-2-3-12(16)13(17)6-11/h1-6H,7H2. The van der Waals surface area contributed by atoms with Crippen molar-refractivity contribution in [1.82, 2.24) is 0 Å². The van der Waals surface area contributed by atoms with Gasteiger partial charge in [-0.3, -0.25) is 0 Å². The van der Waals surface area contributed by atoms with Gasteiger partial charge in [0.1, 0.15) is 23.4 Å². The molecule has 2 rings (SSSR count). The van der Waals surface area contributed by atoms with Crippen LogP contribution in [0.15, 0.2) is 36.4 Å². The molecule has 0 amide bonds. The minimum Gasteiger partial charge on any atom is -0.456 e. The van der Waals surface area contributed by atoms with E-state index >= 15 is 0 Å². The van der Waals surface area contributed by atoms with Crippen molar-refractivity contribution >= 4 is 23.2 Å². The van der Waals surface area contributed by atoms with Crippen molar-refractivity contribution in [3.63, 3.8) is 0 Å². The number of alkyl halides is 1. The summed E-state index contributed by atoms with van der Waals surface area (Å²) in [6.07, 6.45) is 0. The Labute approximate surface area is 119 Å². The normalized spacial score (nSPS) is 10.0. The van der Waals surface area contributed by atoms with Gasteiger partial charge in [0.2, 0.25) is 0 Å². The van der Waals surface area contributed by atoms with Crippen molar-refractivity contribution in [2.45, 2.75) is 5.88 Å². The molecule has 0 heterocycles. The number of halogens is 3. The highest BCUT2D eigenvalue weighted by atomic mass is 35.5. The Balaban J connectivity index is 2.33. The smallest absolute Gasteiger partial charge is 0.145 e. The Morgan fingerprint density at radius 3 is 2.63 bits per heavy atom. The molecule has 96 valence electrons. The van der Waals surface area contributed by atoms with Crippen LogP contribution >= 0.6 is 23.2 Å². The molecule has 2 nitrogen and oxygen atoms in total. The van der Waals surface area contributed by atoms with E-state index in [2.05, 4.69) is 0 Å². The first kappa shape index (κ1) is 13.7. The van der Waals surface area contributed by atoms with Gasteiger partial charge < -0.3 is 4.74 Å². The zero-order valence-corrected chi connectivity index (χ0v) is 11.2. The highest BCUT2D eigenvalue weighted by Gasteiger charge is 2.08. The summed E-state index contributed by atoms with van der Waals surface area (Å²) >= 11 is 11.3. The van der Waals surface area contributed by atoms with E-state index in [1.165, 1.54) is 18.2 Å². The monoisotopic (exact) mass is 295 g/mol. The molecule has 19 heavy (non-hydrogen) atoms. The van der Waals surface area contributed by atoms with Crippen LogP contribution in [0, 0.1) is 17.1 Å². The Bertz CT molecular complexity index is 652. The van der Waals surface area contributed by atoms with Crippen LogP contribution in [0.3, 0.4) is 0 Å². The summed E-state index contributed by atoms with van der Waals surface area (Å²) in [5.74, 6) is 0.357. The average molecular weight is 296 g/mol. The minimum absolute atomic E-state index is 0.0188. The van der Waals surface area contributed by atoms with Crippen LogP contribution in [-0.2, 0) is 5.88 Å². The molecule has 0 bridgehead atoms. The van der Waals surface area contributed by atoms with Crippen LogP contribution in [-0.4, -0.2) is 0 Å². The molecule has 0 aromatic heterocycles. The second-order valence-corrected chi connectivity index (χ2v) is 4.43. The topological polar surface area (TPSA) is 33.0 Å². The molecule has 0 fully saturated rings. The molecule has 5 heteroatoms. The number of hydrogen-bond acceptors (Lipinski definition) is 2. The second-order valence-electron chi connectivity index (χ2n) is 3.75. The third-order valence-corrected chi connectivity index (χ3v) is 3.05. The van der Waals surface area contributed by atoms with Crippen LogP contribution in [0.2, 0.25) is 5.02 Å². The van der Waals surface area contributed by atoms with Crippen LogP contribution in [0.5, 0.6) is 11.5 Å². The van der Waals surface area contributed by atoms with Crippen molar-refractivity contribution in [3.8, 4) is 17.6 Å². The van der Waals surface area contributed by atoms with Gasteiger partial charge in [-0.25, -0.2) is 4.39 Å². The second kappa shape index (κ2) is 5.92. The maximum absolute atomic E-state index is 13.3. The number of benzene rings is 2. The predicted octanol–water partition coefficient (Wildman–Crippen LogP) is 4.88. The third kappa shape index (κ3) is 3.17. The van der Waals surface area contributed by atoms with Gasteiger partial charge in [0.05, 0.1) is 10.6 Å². The molecule has 0 aliphatic carbocycles. The van der Waals surface area contributed by atoms with E-state index in [0.717, 1.165) is 5.56 Å². The summed E-state index contributed by atoms with van der Waals surface area (Å²) in [5.41, 5.74) is 1.15. The molecular weight excluding hydrogens is 288 g/mol. The highest BCUT2D eigenvalue weighted by Crippen LogP contribution is 2.28. The van der Waals surface area contributed by atoms with E-state index in [1.54, 1.807) is 18.2 Å². The van der Waals surface area contributed by atoms with Crippen molar-refractivity contribution in [2.24, 2.45) is 0 Å². The Hall–Kier alpha value is -1.76. The fraction of sp³-hybridized carbons (Fsp3) is 0.0714. The maximum atomic E-state index is 13.3. The highest BCUT2D eigenvalue weighted by molar-refractivity contribution is 6.30. The molecule has 0 radical (unpaired) electrons. The fourth-order valence-electron chi connectivity index (χ4n) is 1.50. The van der Waals surface area contributed by atoms with Crippen LogP contribution in [0.1, 0.15) is 11.1 Å². The molecule has 0 spiro atoms. The molecule has 0 atom stereocenters. The lowest BCUT2D eigenvalue weighted by Gasteiger charge is -2.08. The van der Waals surface area contributed by atoms with Crippen molar-refractivity contribution in [2.75, 3.05) is 0 Å². The lowest BCUT2D eigenvalue weighted by atomic mass is 10.1. The first-order valence-corrected chi connectivity index (χ1v) is 6.27. The Morgan fingerprint density at radius 2 is 2.00 bits per heavy atom. The fourth-order valence-corrected chi connectivity index (χ4v) is 1.79. The Morgan fingerprint density at radius 1 is 1.21 bits per heavy atom. The molecule has 0 aliphatic heterocycles. The van der Waals surface area contributed by atoms with Gasteiger partial charge in [-0.1, -0.05) is 17.7 Å². The number of hydrogen-bond donors (Lipinski definition) is 0. The summed E-state index contributed by atoms with van der Waals surface area (Å²) < 4.78 is 18.8. The van der Waals surface area contributed by atoms with E-state index in [0.29, 0.717) is 17.2 Å². The van der Waals surface area contributed by atoms with E-state index in [4.69, 9.17) is 33.2 Å². The Kier molecular flexibility index (Phi) is 4.26. The third-order valence-electron chi connectivity index (χ3n) is 2.44. The summed E-state index contributed by atoms with van der Waals surface area (Å²) in [5, 5.41) is 9.07. The largest absolute Gasteiger partial charge is 0.456 e. The summed E-state index contributed by atoms with van der Waals surface area (Å²) in [4.78, 5) is 0. The minimum atomic E-state index is -0.574. The number of nitriles is 1. The SMILES string of the molecule is N#Cc1cc(CCl)ccc1Oc1ccc(Cl)c(F)c1. The lowest BCUT2D eigenvalue weighted by Crippen LogP contribution is -1.91. The zero-order valence-electron chi connectivity index (χ0n) is 9.66. The average Bonchev–Trinajstić information content (AvgIpc) is 2.43. The predicted molar refractivity (Wildman–Crippen MR) is 72.2 cm³/mol. The van der Waals surface area contributed by atoms with Crippen molar-refractivity contribution in [1.29, 1.82) is 5.26 Å². The first-order chi connectivity index (χ1) is 9.13. The van der Waals surface area contributed by atoms with E-state index < -0.39 is 5.82 Å². The molecule has 0 saturated carbocycles. The number of rotatable bonds is 3. The summed E-state index contributed by atoms with van der Waals surface area (Å²) in [7, 11) is 0. The van der Waals surface area contributed by atoms with Gasteiger partial charge in [0.25, 0.3) is 0 Å². The van der Waals surface area contributed by atoms with E-state index in [-0.39, 0.29) is 10.8 Å². The van der Waals surface area contributed by atoms with Crippen molar-refractivity contribution < 1.29 is 9.13 Å². The first-order valence-electron chi connectivity index (χ1n) is 5.36. The molecule has 0 saturated heterocycles. The molecule has 0 aliphatic rings. The van der Waals surface area contributed by atoms with Crippen LogP contribution < -0.4 is 4.74 Å². The van der Waals surface area contributed by atoms with Crippen molar-refractivity contribution in [3.05, 3.63) is 58.4 Å². The van der Waals surface area contributed by atoms with Gasteiger partial charge in [-0.05, 0) is 29.8 Å². The molecular formula is C14H8Cl2FNO. The summed E-state index contributed by atoms with van der Waals surface area (Å²) in [6, 6.07) is 11.1. The molecule has 0 N–H and O–H groups in total. The van der Waals surface area contributed by atoms with Crippen LogP contribution in [0.25, 0.3) is 0 Å². The molecule has 2 aromatic rings. The molecule has 2 aromatic carbocycles. The van der Waals surface area contributed by atoms with Gasteiger partial charge >= 0.3 is 0 Å². The lowest BCUT2D eigenvalue weighted by molar-refractivity contribution is 0.475. The number of nitrogens with zero attached hydrogens (tertiary/aromatic N) is 1. The number of ether oxygens (including phenoxy) is 1. The molecule has 0 unspecified atom stereocenters.